The maximum Gasteiger partial charge on any atom is 0.295 e. The van der Waals surface area contributed by atoms with E-state index in [1.54, 1.807) is 42.3 Å². The molecule has 0 saturated carbocycles. The van der Waals surface area contributed by atoms with Gasteiger partial charge >= 0.3 is 0 Å². The predicted molar refractivity (Wildman–Crippen MR) is 162 cm³/mol. The number of ketones is 1. The predicted octanol–water partition coefficient (Wildman–Crippen LogP) is 4.74. The molecule has 0 radical (unpaired) electrons. The molecule has 0 aliphatic carbocycles. The van der Waals surface area contributed by atoms with E-state index in [0.29, 0.717) is 67.9 Å². The summed E-state index contributed by atoms with van der Waals surface area (Å²) in [4.78, 5) is 30.8. The Bertz CT molecular complexity index is 1480. The highest BCUT2D eigenvalue weighted by molar-refractivity contribution is 6.46. The molecule has 2 heterocycles. The summed E-state index contributed by atoms with van der Waals surface area (Å²) in [5.74, 6) is 0.0842. The first kappa shape index (κ1) is 30.1. The molecule has 9 heteroatoms. The second kappa shape index (κ2) is 13.8. The highest BCUT2D eigenvalue weighted by Gasteiger charge is 2.46. The summed E-state index contributed by atoms with van der Waals surface area (Å²) >= 11 is 0. The lowest BCUT2D eigenvalue weighted by molar-refractivity contribution is -0.140. The molecule has 1 amide bonds. The number of morpholine rings is 1. The lowest BCUT2D eigenvalue weighted by Crippen LogP contribution is -2.42. The second-order valence-corrected chi connectivity index (χ2v) is 10.5. The van der Waals surface area contributed by atoms with Crippen molar-refractivity contribution in [2.45, 2.75) is 26.5 Å². The maximum atomic E-state index is 13.6. The van der Waals surface area contributed by atoms with Crippen LogP contribution in [0.1, 0.15) is 35.2 Å². The highest BCUT2D eigenvalue weighted by Crippen LogP contribution is 2.42. The van der Waals surface area contributed by atoms with Crippen LogP contribution in [0.4, 0.5) is 0 Å². The molecule has 1 unspecified atom stereocenters. The molecule has 0 bridgehead atoms. The molecule has 2 aliphatic heterocycles. The number of carbonyl (C=O) groups excluding carboxylic acids is 2. The molecule has 2 fully saturated rings. The van der Waals surface area contributed by atoms with Crippen molar-refractivity contribution in [1.82, 2.24) is 9.80 Å². The van der Waals surface area contributed by atoms with Crippen molar-refractivity contribution in [3.63, 3.8) is 0 Å². The minimum atomic E-state index is -0.815. The average Bonchev–Trinajstić information content (AvgIpc) is 3.29. The lowest BCUT2D eigenvalue weighted by Gasteiger charge is -2.31. The van der Waals surface area contributed by atoms with Crippen LogP contribution in [-0.2, 0) is 20.9 Å². The smallest absolute Gasteiger partial charge is 0.295 e. The summed E-state index contributed by atoms with van der Waals surface area (Å²) in [5.41, 5.74) is 2.93. The van der Waals surface area contributed by atoms with Crippen molar-refractivity contribution in [3.8, 4) is 17.2 Å². The van der Waals surface area contributed by atoms with Crippen molar-refractivity contribution in [2.24, 2.45) is 0 Å². The summed E-state index contributed by atoms with van der Waals surface area (Å²) in [6, 6.07) is 19.6. The third kappa shape index (κ3) is 6.68. The SMILES string of the molecule is CCOc1ccc(/C(O)=C2\C(=O)C(=O)N(CCN3CCOCC3)C2c2ccc(OCc3ccccc3)c(OC)c2)cc1C. The Balaban J connectivity index is 1.52. The summed E-state index contributed by atoms with van der Waals surface area (Å²) < 4.78 is 22.8. The van der Waals surface area contributed by atoms with Crippen LogP contribution in [0.25, 0.3) is 5.76 Å². The van der Waals surface area contributed by atoms with Crippen LogP contribution < -0.4 is 14.2 Å². The van der Waals surface area contributed by atoms with Gasteiger partial charge in [-0.05, 0) is 60.9 Å². The zero-order chi connectivity index (χ0) is 30.3. The fourth-order valence-corrected chi connectivity index (χ4v) is 5.51. The van der Waals surface area contributed by atoms with Crippen molar-refractivity contribution in [2.75, 3.05) is 53.1 Å². The number of hydrogen-bond acceptors (Lipinski definition) is 8. The maximum absolute atomic E-state index is 13.6. The normalized spacial score (nSPS) is 18.6. The Labute approximate surface area is 252 Å². The number of aliphatic hydroxyl groups excluding tert-OH is 1. The standard InChI is InChI=1S/C34H38N2O7/c1-4-42-27-12-11-26(20-23(27)2)32(37)30-31(36(34(39)33(30)38)15-14-35-16-18-41-19-17-35)25-10-13-28(29(21-25)40-3)43-22-24-8-6-5-7-9-24/h5-13,20-21,31,37H,4,14-19,22H2,1-3H3/b32-30+. The van der Waals surface area contributed by atoms with Gasteiger partial charge in [-0.25, -0.2) is 0 Å². The summed E-state index contributed by atoms with van der Waals surface area (Å²) in [7, 11) is 1.55. The van der Waals surface area contributed by atoms with Crippen LogP contribution >= 0.6 is 0 Å². The molecule has 2 saturated heterocycles. The Morgan fingerprint density at radius 1 is 0.930 bits per heavy atom. The van der Waals surface area contributed by atoms with Crippen molar-refractivity contribution >= 4 is 17.4 Å². The van der Waals surface area contributed by atoms with Gasteiger partial charge in [0.05, 0.1) is 38.5 Å². The Hall–Kier alpha value is -4.34. The molecule has 1 atom stereocenters. The first-order valence-corrected chi connectivity index (χ1v) is 14.6. The monoisotopic (exact) mass is 586 g/mol. The topological polar surface area (TPSA) is 97.8 Å². The first-order valence-electron chi connectivity index (χ1n) is 14.6. The summed E-state index contributed by atoms with van der Waals surface area (Å²) in [6.45, 7) is 8.27. The molecule has 9 nitrogen and oxygen atoms in total. The number of aliphatic hydroxyl groups is 1. The summed E-state index contributed by atoms with van der Waals surface area (Å²) in [6.07, 6.45) is 0. The van der Waals surface area contributed by atoms with Gasteiger partial charge in [0.15, 0.2) is 11.5 Å². The third-order valence-electron chi connectivity index (χ3n) is 7.79. The van der Waals surface area contributed by atoms with Crippen LogP contribution in [0.2, 0.25) is 0 Å². The van der Waals surface area contributed by atoms with Gasteiger partial charge in [-0.3, -0.25) is 14.5 Å². The fourth-order valence-electron chi connectivity index (χ4n) is 5.51. The van der Waals surface area contributed by atoms with Gasteiger partial charge in [-0.15, -0.1) is 0 Å². The van der Waals surface area contributed by atoms with E-state index in [-0.39, 0.29) is 11.3 Å². The van der Waals surface area contributed by atoms with Crippen LogP contribution in [0.3, 0.4) is 0 Å². The zero-order valence-electron chi connectivity index (χ0n) is 24.9. The number of hydrogen-bond donors (Lipinski definition) is 1. The third-order valence-corrected chi connectivity index (χ3v) is 7.79. The van der Waals surface area contributed by atoms with E-state index < -0.39 is 17.7 Å². The Kier molecular flexibility index (Phi) is 9.64. The van der Waals surface area contributed by atoms with Gasteiger partial charge in [-0.2, -0.15) is 0 Å². The number of rotatable bonds is 11. The average molecular weight is 587 g/mol. The quantitative estimate of drug-likeness (QED) is 0.196. The van der Waals surface area contributed by atoms with Crippen molar-refractivity contribution in [1.29, 1.82) is 0 Å². The van der Waals surface area contributed by atoms with E-state index >= 15 is 0 Å². The number of amides is 1. The van der Waals surface area contributed by atoms with Crippen molar-refractivity contribution < 1.29 is 33.6 Å². The van der Waals surface area contributed by atoms with Crippen LogP contribution in [0.15, 0.2) is 72.3 Å². The fraction of sp³-hybridized carbons (Fsp3) is 0.353. The number of likely N-dealkylation sites (tertiary alicyclic amines) is 1. The second-order valence-electron chi connectivity index (χ2n) is 10.5. The summed E-state index contributed by atoms with van der Waals surface area (Å²) in [5, 5.41) is 11.6. The van der Waals surface area contributed by atoms with Gasteiger partial charge in [0.25, 0.3) is 11.7 Å². The van der Waals surface area contributed by atoms with Gasteiger partial charge in [0, 0.05) is 31.7 Å². The van der Waals surface area contributed by atoms with E-state index in [9.17, 15) is 14.7 Å². The number of nitrogens with zero attached hydrogens (tertiary/aromatic N) is 2. The molecule has 3 aromatic rings. The molecule has 43 heavy (non-hydrogen) atoms. The first-order chi connectivity index (χ1) is 20.9. The van der Waals surface area contributed by atoms with Gasteiger partial charge in [0.2, 0.25) is 0 Å². The molecule has 0 spiro atoms. The minimum absolute atomic E-state index is 0.0375. The molecular formula is C34H38N2O7. The van der Waals surface area contributed by atoms with Crippen LogP contribution in [0.5, 0.6) is 17.2 Å². The van der Waals surface area contributed by atoms with Gasteiger partial charge in [0.1, 0.15) is 18.1 Å². The molecule has 226 valence electrons. The van der Waals surface area contributed by atoms with E-state index in [4.69, 9.17) is 18.9 Å². The van der Waals surface area contributed by atoms with E-state index in [1.807, 2.05) is 50.2 Å². The molecule has 5 rings (SSSR count). The number of carbonyl (C=O) groups is 2. The van der Waals surface area contributed by atoms with Crippen LogP contribution in [0, 0.1) is 6.92 Å². The van der Waals surface area contributed by atoms with E-state index in [0.717, 1.165) is 24.2 Å². The number of aryl methyl sites for hydroxylation is 1. The molecule has 2 aliphatic rings. The zero-order valence-corrected chi connectivity index (χ0v) is 24.9. The Morgan fingerprint density at radius 2 is 1.67 bits per heavy atom. The molecular weight excluding hydrogens is 548 g/mol. The van der Waals surface area contributed by atoms with Gasteiger partial charge < -0.3 is 29.0 Å². The minimum Gasteiger partial charge on any atom is -0.507 e. The largest absolute Gasteiger partial charge is 0.507 e. The molecule has 1 N–H and O–H groups in total. The number of ether oxygens (including phenoxy) is 4. The number of benzene rings is 3. The molecule has 3 aromatic carbocycles. The Morgan fingerprint density at radius 3 is 2.37 bits per heavy atom. The van der Waals surface area contributed by atoms with E-state index in [1.165, 1.54) is 0 Å². The van der Waals surface area contributed by atoms with E-state index in [2.05, 4.69) is 4.90 Å². The van der Waals surface area contributed by atoms with Gasteiger partial charge in [-0.1, -0.05) is 36.4 Å². The number of methoxy groups -OCH3 is 1. The van der Waals surface area contributed by atoms with Crippen LogP contribution in [-0.4, -0.2) is 79.7 Å². The highest BCUT2D eigenvalue weighted by atomic mass is 16.5. The lowest BCUT2D eigenvalue weighted by atomic mass is 9.94. The van der Waals surface area contributed by atoms with Crippen molar-refractivity contribution in [3.05, 3.63) is 94.6 Å². The molecule has 0 aromatic heterocycles. The number of Topliss-reactive ketones (excluding diaryl/α,β-unsaturated/α-hetero) is 1.